The van der Waals surface area contributed by atoms with Crippen LogP contribution in [0.4, 0.5) is 0 Å². The van der Waals surface area contributed by atoms with Gasteiger partial charge in [0.1, 0.15) is 6.10 Å². The van der Waals surface area contributed by atoms with E-state index in [0.717, 1.165) is 10.9 Å². The summed E-state index contributed by atoms with van der Waals surface area (Å²) in [6.07, 6.45) is 0.879. The minimum absolute atomic E-state index is 0.0138. The van der Waals surface area contributed by atoms with Gasteiger partial charge in [0.05, 0.1) is 6.61 Å². The Morgan fingerprint density at radius 2 is 2.45 bits per heavy atom. The minimum Gasteiger partial charge on any atom is -0.347 e. The second-order valence-corrected chi connectivity index (χ2v) is 3.87. The van der Waals surface area contributed by atoms with Crippen molar-refractivity contribution in [3.8, 4) is 0 Å². The van der Waals surface area contributed by atoms with Crippen LogP contribution in [0, 0.1) is 0 Å². The Morgan fingerprint density at radius 1 is 1.82 bits per heavy atom. The molecule has 0 saturated carbocycles. The molecule has 1 heterocycles. The van der Waals surface area contributed by atoms with Crippen molar-refractivity contribution in [2.75, 3.05) is 6.61 Å². The van der Waals surface area contributed by atoms with E-state index in [0.29, 0.717) is 6.61 Å². The first-order valence-corrected chi connectivity index (χ1v) is 4.53. The van der Waals surface area contributed by atoms with Crippen LogP contribution in [0.3, 0.4) is 0 Å². The second kappa shape index (κ2) is 3.25. The lowest BCUT2D eigenvalue weighted by atomic mass is 10.2. The molecule has 0 radical (unpaired) electrons. The van der Waals surface area contributed by atoms with Crippen molar-refractivity contribution < 1.29 is 9.47 Å². The molecule has 0 aliphatic carbocycles. The van der Waals surface area contributed by atoms with Gasteiger partial charge in [0.15, 0.2) is 5.79 Å². The van der Waals surface area contributed by atoms with Crippen molar-refractivity contribution >= 4 is 15.9 Å². The van der Waals surface area contributed by atoms with Crippen molar-refractivity contribution in [3.05, 3.63) is 11.1 Å². The Balaban J connectivity index is 2.53. The lowest BCUT2D eigenvalue weighted by Gasteiger charge is -2.20. The van der Waals surface area contributed by atoms with E-state index in [1.165, 1.54) is 0 Å². The highest BCUT2D eigenvalue weighted by atomic mass is 79.9. The predicted molar refractivity (Wildman–Crippen MR) is 47.6 cm³/mol. The Labute approximate surface area is 75.7 Å². The summed E-state index contributed by atoms with van der Waals surface area (Å²) in [7, 11) is 0. The van der Waals surface area contributed by atoms with E-state index >= 15 is 0 Å². The van der Waals surface area contributed by atoms with E-state index in [9.17, 15) is 0 Å². The third kappa shape index (κ3) is 2.04. The van der Waals surface area contributed by atoms with Gasteiger partial charge in [-0.15, -0.1) is 0 Å². The van der Waals surface area contributed by atoms with Crippen LogP contribution in [-0.4, -0.2) is 18.5 Å². The zero-order valence-electron chi connectivity index (χ0n) is 6.89. The lowest BCUT2D eigenvalue weighted by molar-refractivity contribution is -0.150. The third-order valence-corrected chi connectivity index (χ3v) is 2.43. The van der Waals surface area contributed by atoms with Crippen LogP contribution in [0.1, 0.15) is 20.3 Å². The van der Waals surface area contributed by atoms with Crippen LogP contribution < -0.4 is 0 Å². The molecule has 0 bridgehead atoms. The van der Waals surface area contributed by atoms with Crippen molar-refractivity contribution in [1.29, 1.82) is 0 Å². The summed E-state index contributed by atoms with van der Waals surface area (Å²) < 4.78 is 11.9. The fraction of sp³-hybridized carbons (Fsp3) is 0.750. The highest BCUT2D eigenvalue weighted by molar-refractivity contribution is 9.11. The average molecular weight is 221 g/mol. The standard InChI is InChI=1S/C8H13BrO2/c1-4-8(3)10-5-7(11-8)6(2)9/h7H,2,4-5H2,1,3H3. The molecule has 11 heavy (non-hydrogen) atoms. The Hall–Kier alpha value is 0.140. The number of hydrogen-bond acceptors (Lipinski definition) is 2. The molecule has 2 nitrogen and oxygen atoms in total. The fourth-order valence-electron chi connectivity index (χ4n) is 0.961. The molecule has 1 aliphatic rings. The first-order chi connectivity index (χ1) is 5.07. The second-order valence-electron chi connectivity index (χ2n) is 2.85. The highest BCUT2D eigenvalue weighted by Gasteiger charge is 2.36. The first kappa shape index (κ1) is 9.23. The number of hydrogen-bond donors (Lipinski definition) is 0. The topological polar surface area (TPSA) is 18.5 Å². The van der Waals surface area contributed by atoms with Crippen LogP contribution in [0.2, 0.25) is 0 Å². The molecule has 1 fully saturated rings. The maximum absolute atomic E-state index is 5.59. The molecule has 2 unspecified atom stereocenters. The van der Waals surface area contributed by atoms with Gasteiger partial charge in [-0.05, 0) is 13.3 Å². The van der Waals surface area contributed by atoms with Crippen LogP contribution in [0.5, 0.6) is 0 Å². The van der Waals surface area contributed by atoms with Gasteiger partial charge in [0.2, 0.25) is 0 Å². The molecule has 1 saturated heterocycles. The molecule has 0 aromatic rings. The maximum Gasteiger partial charge on any atom is 0.166 e. The summed E-state index contributed by atoms with van der Waals surface area (Å²) in [6.45, 7) is 8.34. The van der Waals surface area contributed by atoms with Crippen LogP contribution in [0.25, 0.3) is 0 Å². The van der Waals surface area contributed by atoms with Gasteiger partial charge in [-0.1, -0.05) is 29.4 Å². The molecule has 0 aromatic heterocycles. The molecule has 64 valence electrons. The van der Waals surface area contributed by atoms with E-state index < -0.39 is 5.79 Å². The monoisotopic (exact) mass is 220 g/mol. The van der Waals surface area contributed by atoms with Gasteiger partial charge < -0.3 is 9.47 Å². The Bertz CT molecular complexity index is 169. The molecule has 2 atom stereocenters. The van der Waals surface area contributed by atoms with Crippen LogP contribution in [0.15, 0.2) is 11.1 Å². The summed E-state index contributed by atoms with van der Waals surface area (Å²) >= 11 is 3.28. The van der Waals surface area contributed by atoms with Gasteiger partial charge >= 0.3 is 0 Å². The Morgan fingerprint density at radius 3 is 2.73 bits per heavy atom. The quantitative estimate of drug-likeness (QED) is 0.712. The van der Waals surface area contributed by atoms with Gasteiger partial charge in [-0.3, -0.25) is 0 Å². The van der Waals surface area contributed by atoms with Crippen molar-refractivity contribution in [2.45, 2.75) is 32.2 Å². The molecule has 0 amide bonds. The lowest BCUT2D eigenvalue weighted by Crippen LogP contribution is -2.25. The van der Waals surface area contributed by atoms with Crippen LogP contribution in [-0.2, 0) is 9.47 Å². The molecule has 1 aliphatic heterocycles. The van der Waals surface area contributed by atoms with E-state index in [4.69, 9.17) is 9.47 Å². The minimum atomic E-state index is -0.401. The van der Waals surface area contributed by atoms with E-state index in [1.807, 2.05) is 13.8 Å². The van der Waals surface area contributed by atoms with Gasteiger partial charge in [0.25, 0.3) is 0 Å². The van der Waals surface area contributed by atoms with E-state index in [2.05, 4.69) is 22.5 Å². The predicted octanol–water partition coefficient (Wildman–Crippen LogP) is 2.44. The zero-order chi connectivity index (χ0) is 8.48. The highest BCUT2D eigenvalue weighted by Crippen LogP contribution is 2.30. The third-order valence-electron chi connectivity index (χ3n) is 1.92. The smallest absolute Gasteiger partial charge is 0.166 e. The molecule has 1 rings (SSSR count). The summed E-state index contributed by atoms with van der Waals surface area (Å²) in [4.78, 5) is 0. The summed E-state index contributed by atoms with van der Waals surface area (Å²) in [5.41, 5.74) is 0. The van der Waals surface area contributed by atoms with Crippen molar-refractivity contribution in [3.63, 3.8) is 0 Å². The first-order valence-electron chi connectivity index (χ1n) is 3.73. The average Bonchev–Trinajstić information content (AvgIpc) is 2.33. The van der Waals surface area contributed by atoms with Gasteiger partial charge in [-0.2, -0.15) is 0 Å². The number of rotatable bonds is 2. The van der Waals surface area contributed by atoms with Gasteiger partial charge in [-0.25, -0.2) is 0 Å². The van der Waals surface area contributed by atoms with E-state index in [-0.39, 0.29) is 6.10 Å². The molecular weight excluding hydrogens is 208 g/mol. The molecule has 3 heteroatoms. The van der Waals surface area contributed by atoms with E-state index in [1.54, 1.807) is 0 Å². The SMILES string of the molecule is C=C(Br)C1COC(C)(CC)O1. The van der Waals surface area contributed by atoms with Crippen molar-refractivity contribution in [2.24, 2.45) is 0 Å². The Kier molecular flexibility index (Phi) is 2.73. The summed E-state index contributed by atoms with van der Waals surface area (Å²) in [6, 6.07) is 0. The summed E-state index contributed by atoms with van der Waals surface area (Å²) in [5, 5.41) is 0. The fourth-order valence-corrected chi connectivity index (χ4v) is 1.19. The van der Waals surface area contributed by atoms with Crippen LogP contribution >= 0.6 is 15.9 Å². The molecule has 0 aromatic carbocycles. The van der Waals surface area contributed by atoms with Crippen molar-refractivity contribution in [1.82, 2.24) is 0 Å². The zero-order valence-corrected chi connectivity index (χ0v) is 8.48. The molecular formula is C8H13BrO2. The maximum atomic E-state index is 5.59. The molecule has 0 N–H and O–H groups in total. The normalized spacial score (nSPS) is 37.5. The largest absolute Gasteiger partial charge is 0.347 e. The molecule has 0 spiro atoms. The number of halogens is 1. The number of ether oxygens (including phenoxy) is 2. The summed E-state index contributed by atoms with van der Waals surface area (Å²) in [5.74, 6) is -0.401. The van der Waals surface area contributed by atoms with Gasteiger partial charge in [0, 0.05) is 4.48 Å².